The summed E-state index contributed by atoms with van der Waals surface area (Å²) >= 11 is 0. The second kappa shape index (κ2) is 4.98. The Morgan fingerprint density at radius 2 is 2.24 bits per heavy atom. The number of benzene rings is 1. The number of carbonyl (C=O) groups excluding carboxylic acids is 1. The lowest BCUT2D eigenvalue weighted by atomic mass is 9.55. The van der Waals surface area contributed by atoms with Crippen molar-refractivity contribution in [3.63, 3.8) is 0 Å². The molecule has 5 rings (SSSR count). The number of esters is 1. The maximum absolute atomic E-state index is 12.7. The Morgan fingerprint density at radius 3 is 3.04 bits per heavy atom. The first kappa shape index (κ1) is 15.2. The van der Waals surface area contributed by atoms with Crippen LogP contribution in [0.3, 0.4) is 0 Å². The number of rotatable bonds is 2. The molecule has 1 fully saturated rings. The summed E-state index contributed by atoms with van der Waals surface area (Å²) in [5.74, 6) is -0.173. The van der Waals surface area contributed by atoms with Crippen LogP contribution in [-0.4, -0.2) is 32.2 Å². The minimum absolute atomic E-state index is 0.0379. The molecule has 3 aliphatic heterocycles. The minimum atomic E-state index is -0.173. The van der Waals surface area contributed by atoms with Crippen molar-refractivity contribution in [2.45, 2.75) is 37.6 Å². The lowest BCUT2D eigenvalue weighted by Crippen LogP contribution is -3.17. The zero-order chi connectivity index (χ0) is 17.2. The Morgan fingerprint density at radius 1 is 1.40 bits per heavy atom. The third kappa shape index (κ3) is 1.68. The standard InChI is InChI=1S/C21H24N2O2/c1-3-20-9-6-11-23-12-10-21(19(20)23)15-7-4-5-8-16(15)22-17(21)14(13-20)18(24)25-2/h4-9,19,22H,3,10-13H2,1-2H3/p+1/t19-,20-,21-/m0/s1. The molecule has 3 heterocycles. The highest BCUT2D eigenvalue weighted by atomic mass is 16.5. The summed E-state index contributed by atoms with van der Waals surface area (Å²) in [7, 11) is 1.50. The van der Waals surface area contributed by atoms with E-state index in [9.17, 15) is 4.79 Å². The summed E-state index contributed by atoms with van der Waals surface area (Å²) in [6, 6.07) is 9.11. The fourth-order valence-corrected chi connectivity index (χ4v) is 6.24. The van der Waals surface area contributed by atoms with Gasteiger partial charge in [0.1, 0.15) is 6.04 Å². The maximum Gasteiger partial charge on any atom is 0.335 e. The highest BCUT2D eigenvalue weighted by molar-refractivity contribution is 5.93. The van der Waals surface area contributed by atoms with Gasteiger partial charge in [-0.2, -0.15) is 0 Å². The van der Waals surface area contributed by atoms with Gasteiger partial charge in [0.25, 0.3) is 0 Å². The molecule has 4 nitrogen and oxygen atoms in total. The van der Waals surface area contributed by atoms with Crippen LogP contribution < -0.4 is 10.2 Å². The molecule has 0 aromatic heterocycles. The molecule has 130 valence electrons. The number of nitrogens with one attached hydrogen (secondary N) is 2. The number of ether oxygens (including phenoxy) is 1. The van der Waals surface area contributed by atoms with Crippen LogP contribution in [0, 0.1) is 5.41 Å². The number of hydrogen-bond acceptors (Lipinski definition) is 3. The van der Waals surface area contributed by atoms with E-state index in [1.807, 2.05) is 0 Å². The van der Waals surface area contributed by atoms with E-state index in [-0.39, 0.29) is 16.8 Å². The van der Waals surface area contributed by atoms with Crippen LogP contribution in [0.2, 0.25) is 0 Å². The zero-order valence-electron chi connectivity index (χ0n) is 14.9. The molecule has 0 bridgehead atoms. The lowest BCUT2D eigenvalue weighted by molar-refractivity contribution is -0.918. The van der Waals surface area contributed by atoms with Gasteiger partial charge in [0, 0.05) is 23.2 Å². The molecular formula is C21H25N2O2+. The highest BCUT2D eigenvalue weighted by Crippen LogP contribution is 2.60. The van der Waals surface area contributed by atoms with Gasteiger partial charge in [0.05, 0.1) is 31.2 Å². The third-order valence-corrected chi connectivity index (χ3v) is 7.16. The number of quaternary nitrogens is 1. The van der Waals surface area contributed by atoms with E-state index in [1.54, 1.807) is 4.90 Å². The fraction of sp³-hybridized carbons (Fsp3) is 0.476. The summed E-state index contributed by atoms with van der Waals surface area (Å²) in [6.45, 7) is 4.52. The van der Waals surface area contributed by atoms with Crippen molar-refractivity contribution in [2.24, 2.45) is 5.41 Å². The molecule has 4 atom stereocenters. The summed E-state index contributed by atoms with van der Waals surface area (Å²) < 4.78 is 5.20. The molecular weight excluding hydrogens is 312 g/mol. The quantitative estimate of drug-likeness (QED) is 0.639. The van der Waals surface area contributed by atoms with E-state index >= 15 is 0 Å². The Bertz CT molecular complexity index is 827. The van der Waals surface area contributed by atoms with E-state index in [1.165, 1.54) is 18.4 Å². The molecule has 4 aliphatic rings. The van der Waals surface area contributed by atoms with Crippen LogP contribution in [0.4, 0.5) is 5.69 Å². The summed E-state index contributed by atoms with van der Waals surface area (Å²) in [5.41, 5.74) is 4.48. The predicted octanol–water partition coefficient (Wildman–Crippen LogP) is 1.80. The average molecular weight is 337 g/mol. The number of carbonyl (C=O) groups is 1. The number of methoxy groups -OCH3 is 1. The molecule has 1 aromatic carbocycles. The molecule has 4 heteroatoms. The van der Waals surface area contributed by atoms with E-state index in [0.717, 1.165) is 43.6 Å². The molecule has 0 amide bonds. The molecule has 1 aromatic rings. The summed E-state index contributed by atoms with van der Waals surface area (Å²) in [4.78, 5) is 14.4. The van der Waals surface area contributed by atoms with Gasteiger partial charge >= 0.3 is 5.97 Å². The largest absolute Gasteiger partial charge is 0.466 e. The van der Waals surface area contributed by atoms with E-state index < -0.39 is 0 Å². The normalized spacial score (nSPS) is 37.2. The Labute approximate surface area is 148 Å². The van der Waals surface area contributed by atoms with Crippen LogP contribution in [0.25, 0.3) is 0 Å². The third-order valence-electron chi connectivity index (χ3n) is 7.16. The number of para-hydroxylation sites is 1. The van der Waals surface area contributed by atoms with Gasteiger partial charge in [-0.25, -0.2) is 4.79 Å². The van der Waals surface area contributed by atoms with Crippen molar-refractivity contribution >= 4 is 11.7 Å². The van der Waals surface area contributed by atoms with Crippen molar-refractivity contribution in [3.05, 3.63) is 53.3 Å². The van der Waals surface area contributed by atoms with Crippen LogP contribution in [0.15, 0.2) is 47.7 Å². The summed E-state index contributed by atoms with van der Waals surface area (Å²) in [5, 5.41) is 3.64. The first-order valence-corrected chi connectivity index (χ1v) is 9.37. The first-order valence-electron chi connectivity index (χ1n) is 9.37. The second-order valence-electron chi connectivity index (χ2n) is 7.95. The van der Waals surface area contributed by atoms with Crippen molar-refractivity contribution in [2.75, 3.05) is 25.5 Å². The molecule has 1 spiro atoms. The predicted molar refractivity (Wildman–Crippen MR) is 96.4 cm³/mol. The number of fused-ring (bicyclic) bond motifs is 1. The number of anilines is 1. The van der Waals surface area contributed by atoms with Crippen LogP contribution in [0.5, 0.6) is 0 Å². The van der Waals surface area contributed by atoms with Crippen molar-refractivity contribution < 1.29 is 14.4 Å². The smallest absolute Gasteiger partial charge is 0.335 e. The van der Waals surface area contributed by atoms with E-state index in [4.69, 9.17) is 4.74 Å². The molecule has 25 heavy (non-hydrogen) atoms. The molecule has 0 radical (unpaired) electrons. The Hall–Kier alpha value is -2.07. The summed E-state index contributed by atoms with van der Waals surface area (Å²) in [6.07, 6.45) is 7.67. The van der Waals surface area contributed by atoms with Gasteiger partial charge in [-0.1, -0.05) is 31.2 Å². The van der Waals surface area contributed by atoms with Gasteiger partial charge in [-0.15, -0.1) is 0 Å². The van der Waals surface area contributed by atoms with E-state index in [2.05, 4.69) is 48.7 Å². The maximum atomic E-state index is 12.7. The Balaban J connectivity index is 1.83. The Kier molecular flexibility index (Phi) is 3.03. The second-order valence-corrected chi connectivity index (χ2v) is 7.95. The lowest BCUT2D eigenvalue weighted by Gasteiger charge is -2.50. The topological polar surface area (TPSA) is 42.8 Å². The molecule has 1 unspecified atom stereocenters. The van der Waals surface area contributed by atoms with E-state index in [0.29, 0.717) is 6.04 Å². The molecule has 1 saturated heterocycles. The molecule has 0 saturated carbocycles. The highest BCUT2D eigenvalue weighted by Gasteiger charge is 2.68. The SMILES string of the molecule is CC[C@]12C=CC[NH+]3CC[C@]4(C(=C(C(=O)OC)C1)Nc1ccccc14)[C@@H]32. The van der Waals surface area contributed by atoms with Gasteiger partial charge in [0.2, 0.25) is 0 Å². The van der Waals surface area contributed by atoms with Gasteiger partial charge in [-0.3, -0.25) is 0 Å². The van der Waals surface area contributed by atoms with Crippen LogP contribution in [-0.2, 0) is 14.9 Å². The molecule has 2 N–H and O–H groups in total. The van der Waals surface area contributed by atoms with Crippen molar-refractivity contribution in [1.29, 1.82) is 0 Å². The fourth-order valence-electron chi connectivity index (χ4n) is 6.24. The zero-order valence-corrected chi connectivity index (χ0v) is 14.9. The van der Waals surface area contributed by atoms with Crippen molar-refractivity contribution in [1.82, 2.24) is 0 Å². The van der Waals surface area contributed by atoms with Gasteiger partial charge in [0.15, 0.2) is 0 Å². The minimum Gasteiger partial charge on any atom is -0.466 e. The monoisotopic (exact) mass is 337 g/mol. The van der Waals surface area contributed by atoms with Gasteiger partial charge < -0.3 is 15.0 Å². The van der Waals surface area contributed by atoms with Crippen molar-refractivity contribution in [3.8, 4) is 0 Å². The molecule has 1 aliphatic carbocycles. The first-order chi connectivity index (χ1) is 12.2. The average Bonchev–Trinajstić information content (AvgIpc) is 3.21. The number of hydrogen-bond donors (Lipinski definition) is 2. The van der Waals surface area contributed by atoms with Crippen LogP contribution in [0.1, 0.15) is 31.7 Å². The van der Waals surface area contributed by atoms with Crippen LogP contribution >= 0.6 is 0 Å². The van der Waals surface area contributed by atoms with Gasteiger partial charge in [-0.05, 0) is 30.5 Å².